The lowest BCUT2D eigenvalue weighted by molar-refractivity contribution is 0.0820. The fourth-order valence-corrected chi connectivity index (χ4v) is 6.03. The van der Waals surface area contributed by atoms with Crippen LogP contribution in [0, 0.1) is 0 Å². The molecule has 0 bridgehead atoms. The molecule has 0 radical (unpaired) electrons. The molecule has 1 N–H and O–H groups in total. The van der Waals surface area contributed by atoms with Crippen molar-refractivity contribution in [2.45, 2.75) is 55.3 Å². The van der Waals surface area contributed by atoms with Gasteiger partial charge in [0.2, 0.25) is 0 Å². The van der Waals surface area contributed by atoms with Gasteiger partial charge in [-0.15, -0.1) is 11.8 Å². The predicted molar refractivity (Wildman–Crippen MR) is 80.5 cm³/mol. The largest absolute Gasteiger partial charge is 0.389 e. The molecular weight excluding hydrogens is 244 g/mol. The Balaban J connectivity index is 2.79. The standard InChI is InChI=1S/C14H24OSSi/c1-14(2,15)13(11-17(3,4)5)16-12-9-7-6-8-10-12/h6-10,13,15H,11H2,1-5H3. The Hall–Kier alpha value is -0.253. The molecule has 0 saturated heterocycles. The third-order valence-corrected chi connectivity index (χ3v) is 6.11. The lowest BCUT2D eigenvalue weighted by atomic mass is 10.1. The SMILES string of the molecule is CC(C)(O)C(C[Si](C)(C)C)Sc1ccccc1. The van der Waals surface area contributed by atoms with Gasteiger partial charge in [0.15, 0.2) is 0 Å². The van der Waals surface area contributed by atoms with E-state index in [1.807, 2.05) is 31.7 Å². The number of rotatable bonds is 5. The highest BCUT2D eigenvalue weighted by Crippen LogP contribution is 2.35. The molecule has 0 aromatic heterocycles. The van der Waals surface area contributed by atoms with E-state index in [1.165, 1.54) is 4.90 Å². The van der Waals surface area contributed by atoms with Crippen LogP contribution in [0.3, 0.4) is 0 Å². The van der Waals surface area contributed by atoms with Crippen LogP contribution in [0.2, 0.25) is 25.7 Å². The summed E-state index contributed by atoms with van der Waals surface area (Å²) < 4.78 is 0. The Morgan fingerprint density at radius 3 is 2.12 bits per heavy atom. The maximum atomic E-state index is 10.3. The number of hydrogen-bond acceptors (Lipinski definition) is 2. The summed E-state index contributed by atoms with van der Waals surface area (Å²) >= 11 is 1.81. The first-order valence-electron chi connectivity index (χ1n) is 6.12. The lowest BCUT2D eigenvalue weighted by Gasteiger charge is -2.33. The molecule has 1 atom stereocenters. The predicted octanol–water partition coefficient (Wildman–Crippen LogP) is 4.26. The van der Waals surface area contributed by atoms with Crippen LogP contribution in [-0.4, -0.2) is 24.0 Å². The second kappa shape index (κ2) is 5.59. The second-order valence-electron chi connectivity index (χ2n) is 6.34. The van der Waals surface area contributed by atoms with E-state index in [4.69, 9.17) is 0 Å². The van der Waals surface area contributed by atoms with Crippen molar-refractivity contribution in [2.24, 2.45) is 0 Å². The Morgan fingerprint density at radius 1 is 1.18 bits per heavy atom. The van der Waals surface area contributed by atoms with Gasteiger partial charge in [0.1, 0.15) is 0 Å². The number of aliphatic hydroxyl groups is 1. The van der Waals surface area contributed by atoms with Gasteiger partial charge in [0, 0.05) is 18.2 Å². The number of thioether (sulfide) groups is 1. The lowest BCUT2D eigenvalue weighted by Crippen LogP contribution is -2.39. The van der Waals surface area contributed by atoms with E-state index >= 15 is 0 Å². The summed E-state index contributed by atoms with van der Waals surface area (Å²) in [6.07, 6.45) is 0. The van der Waals surface area contributed by atoms with Crippen molar-refractivity contribution in [3.63, 3.8) is 0 Å². The molecule has 0 fully saturated rings. The molecule has 0 heterocycles. The Morgan fingerprint density at radius 2 is 1.71 bits per heavy atom. The van der Waals surface area contributed by atoms with Crippen LogP contribution in [0.4, 0.5) is 0 Å². The molecule has 17 heavy (non-hydrogen) atoms. The molecule has 0 amide bonds. The van der Waals surface area contributed by atoms with Crippen molar-refractivity contribution >= 4 is 19.8 Å². The first kappa shape index (κ1) is 14.8. The van der Waals surface area contributed by atoms with Gasteiger partial charge in [0.25, 0.3) is 0 Å². The summed E-state index contributed by atoms with van der Waals surface area (Å²) in [6, 6.07) is 11.5. The average Bonchev–Trinajstić information content (AvgIpc) is 2.15. The normalized spacial score (nSPS) is 14.7. The molecule has 3 heteroatoms. The molecule has 1 unspecified atom stereocenters. The quantitative estimate of drug-likeness (QED) is 0.636. The van der Waals surface area contributed by atoms with E-state index < -0.39 is 13.7 Å². The monoisotopic (exact) mass is 268 g/mol. The van der Waals surface area contributed by atoms with Gasteiger partial charge in [-0.1, -0.05) is 37.8 Å². The maximum Gasteiger partial charge on any atom is 0.0710 e. The molecule has 0 aliphatic carbocycles. The Labute approximate surface area is 111 Å². The fourth-order valence-electron chi connectivity index (χ4n) is 1.66. The van der Waals surface area contributed by atoms with Gasteiger partial charge in [-0.3, -0.25) is 0 Å². The van der Waals surface area contributed by atoms with E-state index in [2.05, 4.69) is 43.9 Å². The van der Waals surface area contributed by atoms with E-state index in [9.17, 15) is 5.11 Å². The van der Waals surface area contributed by atoms with Crippen molar-refractivity contribution in [3.05, 3.63) is 30.3 Å². The summed E-state index contributed by atoms with van der Waals surface area (Å²) in [5.41, 5.74) is -0.624. The zero-order valence-corrected chi connectivity index (χ0v) is 13.3. The average molecular weight is 268 g/mol. The van der Waals surface area contributed by atoms with Crippen molar-refractivity contribution in [3.8, 4) is 0 Å². The Kier molecular flexibility index (Phi) is 4.87. The van der Waals surface area contributed by atoms with Crippen LogP contribution in [0.1, 0.15) is 13.8 Å². The molecular formula is C14H24OSSi. The number of hydrogen-bond donors (Lipinski definition) is 1. The van der Waals surface area contributed by atoms with Gasteiger partial charge >= 0.3 is 0 Å². The van der Waals surface area contributed by atoms with Crippen LogP contribution < -0.4 is 0 Å². The van der Waals surface area contributed by atoms with Crippen LogP contribution >= 0.6 is 11.8 Å². The third-order valence-electron chi connectivity index (χ3n) is 2.61. The van der Waals surface area contributed by atoms with Crippen LogP contribution in [0.5, 0.6) is 0 Å². The van der Waals surface area contributed by atoms with Crippen LogP contribution in [0.15, 0.2) is 35.2 Å². The maximum absolute atomic E-state index is 10.3. The van der Waals surface area contributed by atoms with Gasteiger partial charge in [-0.2, -0.15) is 0 Å². The van der Waals surface area contributed by atoms with E-state index in [0.717, 1.165) is 6.04 Å². The molecule has 1 aromatic carbocycles. The zero-order valence-electron chi connectivity index (χ0n) is 11.5. The third kappa shape index (κ3) is 5.75. The summed E-state index contributed by atoms with van der Waals surface area (Å²) in [7, 11) is -1.16. The van der Waals surface area contributed by atoms with Gasteiger partial charge in [-0.25, -0.2) is 0 Å². The minimum absolute atomic E-state index is 0.275. The molecule has 1 rings (SSSR count). The van der Waals surface area contributed by atoms with Gasteiger partial charge in [0.05, 0.1) is 5.60 Å². The summed E-state index contributed by atoms with van der Waals surface area (Å²) in [5.74, 6) is 0. The zero-order chi connectivity index (χ0) is 13.1. The summed E-state index contributed by atoms with van der Waals surface area (Å²) in [5, 5.41) is 10.6. The van der Waals surface area contributed by atoms with Crippen molar-refractivity contribution in [1.29, 1.82) is 0 Å². The van der Waals surface area contributed by atoms with Crippen LogP contribution in [0.25, 0.3) is 0 Å². The molecule has 0 saturated carbocycles. The minimum atomic E-state index is -1.16. The van der Waals surface area contributed by atoms with E-state index in [1.54, 1.807) is 0 Å². The van der Waals surface area contributed by atoms with Crippen molar-refractivity contribution in [2.75, 3.05) is 0 Å². The highest BCUT2D eigenvalue weighted by atomic mass is 32.2. The number of benzene rings is 1. The summed E-state index contributed by atoms with van der Waals surface area (Å²) in [4.78, 5) is 1.25. The molecule has 0 aliphatic rings. The molecule has 1 aromatic rings. The Bertz CT molecular complexity index is 337. The topological polar surface area (TPSA) is 20.2 Å². The second-order valence-corrected chi connectivity index (χ2v) is 13.1. The smallest absolute Gasteiger partial charge is 0.0710 e. The van der Waals surface area contributed by atoms with Gasteiger partial charge in [-0.05, 0) is 32.0 Å². The first-order chi connectivity index (χ1) is 7.68. The first-order valence-corrected chi connectivity index (χ1v) is 10.7. The van der Waals surface area contributed by atoms with Crippen LogP contribution in [-0.2, 0) is 0 Å². The minimum Gasteiger partial charge on any atom is -0.389 e. The van der Waals surface area contributed by atoms with Crippen molar-refractivity contribution in [1.82, 2.24) is 0 Å². The molecule has 1 nitrogen and oxygen atoms in total. The molecule has 0 aliphatic heterocycles. The summed E-state index contributed by atoms with van der Waals surface area (Å²) in [6.45, 7) is 10.9. The fraction of sp³-hybridized carbons (Fsp3) is 0.571. The molecule has 0 spiro atoms. The molecule has 96 valence electrons. The highest BCUT2D eigenvalue weighted by molar-refractivity contribution is 8.00. The van der Waals surface area contributed by atoms with E-state index in [-0.39, 0.29) is 5.25 Å². The highest BCUT2D eigenvalue weighted by Gasteiger charge is 2.32. The van der Waals surface area contributed by atoms with Gasteiger partial charge < -0.3 is 5.11 Å². The van der Waals surface area contributed by atoms with E-state index in [0.29, 0.717) is 0 Å². The van der Waals surface area contributed by atoms with Crippen molar-refractivity contribution < 1.29 is 5.11 Å².